The molecule has 2 rings (SSSR count). The van der Waals surface area contributed by atoms with Crippen molar-refractivity contribution in [3.8, 4) is 0 Å². The third-order valence-electron chi connectivity index (χ3n) is 5.39. The van der Waals surface area contributed by atoms with Crippen LogP contribution in [0.25, 0.3) is 0 Å². The van der Waals surface area contributed by atoms with Crippen molar-refractivity contribution in [2.75, 3.05) is 52.9 Å². The van der Waals surface area contributed by atoms with Gasteiger partial charge in [-0.05, 0) is 29.3 Å². The first kappa shape index (κ1) is 27.7. The van der Waals surface area contributed by atoms with E-state index in [1.165, 1.54) is 10.4 Å². The summed E-state index contributed by atoms with van der Waals surface area (Å²) in [6.45, 7) is 15.4. The molecule has 0 heterocycles. The highest BCUT2D eigenvalue weighted by Crippen LogP contribution is 2.36. The highest BCUT2D eigenvalue weighted by molar-refractivity contribution is 6.99. The molecule has 0 aliphatic carbocycles. The van der Waals surface area contributed by atoms with Gasteiger partial charge >= 0.3 is 0 Å². The average Bonchev–Trinajstić information content (AvgIpc) is 2.79. The summed E-state index contributed by atoms with van der Waals surface area (Å²) in [6.07, 6.45) is 0.239. The third-order valence-corrected chi connectivity index (χ3v) is 10.4. The Morgan fingerprint density at radius 2 is 1.00 bits per heavy atom. The van der Waals surface area contributed by atoms with Gasteiger partial charge in [0.15, 0.2) is 0 Å². The minimum Gasteiger partial charge on any atom is -0.405 e. The molecular weight excluding hydrogens is 432 g/mol. The third kappa shape index (κ3) is 8.96. The van der Waals surface area contributed by atoms with Gasteiger partial charge in [0, 0.05) is 0 Å². The fraction of sp³-hybridized carbons (Fsp3) is 0.556. The molecular formula is C27H42O5Si. The van der Waals surface area contributed by atoms with Crippen LogP contribution in [-0.4, -0.2) is 67.3 Å². The van der Waals surface area contributed by atoms with E-state index in [1.54, 1.807) is 0 Å². The van der Waals surface area contributed by atoms with Crippen LogP contribution in [0.2, 0.25) is 5.04 Å². The summed E-state index contributed by atoms with van der Waals surface area (Å²) in [5.41, 5.74) is 0. The first-order valence-corrected chi connectivity index (χ1v) is 13.9. The number of hydrogen-bond donors (Lipinski definition) is 0. The molecule has 0 aliphatic rings. The molecule has 184 valence electrons. The summed E-state index contributed by atoms with van der Waals surface area (Å²) < 4.78 is 29.1. The number of ether oxygens (including phenoxy) is 4. The zero-order chi connectivity index (χ0) is 24.0. The molecule has 6 heteroatoms. The van der Waals surface area contributed by atoms with Crippen molar-refractivity contribution in [1.29, 1.82) is 0 Å². The van der Waals surface area contributed by atoms with Crippen LogP contribution in [0, 0.1) is 0 Å². The van der Waals surface area contributed by atoms with Crippen LogP contribution in [0.4, 0.5) is 0 Å². The van der Waals surface area contributed by atoms with Gasteiger partial charge in [-0.1, -0.05) is 81.4 Å². The van der Waals surface area contributed by atoms with E-state index >= 15 is 0 Å². The molecule has 0 aliphatic heterocycles. The summed E-state index contributed by atoms with van der Waals surface area (Å²) >= 11 is 0. The standard InChI is InChI=1S/C27H42O5Si/c1-24(2)31-22-20-29-18-16-28-17-19-30-21-23-32-33(27(3,4)5,25-12-8-6-9-13-25)26-14-10-7-11-15-26/h6-15,24H,16-23H2,1-5H3. The van der Waals surface area contributed by atoms with E-state index in [-0.39, 0.29) is 11.1 Å². The van der Waals surface area contributed by atoms with E-state index in [4.69, 9.17) is 23.4 Å². The summed E-state index contributed by atoms with van der Waals surface area (Å²) in [5, 5.41) is 2.54. The van der Waals surface area contributed by atoms with Crippen molar-refractivity contribution >= 4 is 18.7 Å². The van der Waals surface area contributed by atoms with Gasteiger partial charge in [-0.3, -0.25) is 0 Å². The maximum Gasteiger partial charge on any atom is 0.261 e. The fourth-order valence-corrected chi connectivity index (χ4v) is 8.44. The average molecular weight is 475 g/mol. The predicted octanol–water partition coefficient (Wildman–Crippen LogP) is 4.04. The Hall–Kier alpha value is -1.54. The molecule has 0 saturated carbocycles. The van der Waals surface area contributed by atoms with Gasteiger partial charge in [-0.15, -0.1) is 0 Å². The number of hydrogen-bond acceptors (Lipinski definition) is 5. The lowest BCUT2D eigenvalue weighted by Crippen LogP contribution is -2.66. The zero-order valence-corrected chi connectivity index (χ0v) is 22.0. The Kier molecular flexibility index (Phi) is 12.3. The summed E-state index contributed by atoms with van der Waals surface area (Å²) in [4.78, 5) is 0. The molecule has 0 atom stereocenters. The van der Waals surface area contributed by atoms with E-state index in [0.717, 1.165) is 0 Å². The number of rotatable bonds is 16. The fourth-order valence-electron chi connectivity index (χ4n) is 3.90. The zero-order valence-electron chi connectivity index (χ0n) is 21.0. The van der Waals surface area contributed by atoms with Crippen LogP contribution in [-0.2, 0) is 23.4 Å². The van der Waals surface area contributed by atoms with Gasteiger partial charge < -0.3 is 23.4 Å². The molecule has 0 fully saturated rings. The van der Waals surface area contributed by atoms with Gasteiger partial charge in [0.1, 0.15) is 0 Å². The Balaban J connectivity index is 1.78. The second-order valence-electron chi connectivity index (χ2n) is 9.27. The first-order valence-electron chi connectivity index (χ1n) is 12.0. The Bertz CT molecular complexity index is 707. The SMILES string of the molecule is CC(C)OCCOCCOCCOCCO[Si](c1ccccc1)(c1ccccc1)C(C)(C)C. The summed E-state index contributed by atoms with van der Waals surface area (Å²) in [6, 6.07) is 21.3. The Labute approximate surface area is 201 Å². The molecule has 0 amide bonds. The van der Waals surface area contributed by atoms with Crippen molar-refractivity contribution in [3.05, 3.63) is 60.7 Å². The predicted molar refractivity (Wildman–Crippen MR) is 137 cm³/mol. The molecule has 0 bridgehead atoms. The molecule has 2 aromatic rings. The molecule has 0 spiro atoms. The van der Waals surface area contributed by atoms with Crippen molar-refractivity contribution in [2.45, 2.75) is 45.8 Å². The maximum atomic E-state index is 6.81. The maximum absolute atomic E-state index is 6.81. The Morgan fingerprint density at radius 1 is 0.606 bits per heavy atom. The van der Waals surface area contributed by atoms with Crippen LogP contribution in [0.1, 0.15) is 34.6 Å². The van der Waals surface area contributed by atoms with Crippen LogP contribution in [0.15, 0.2) is 60.7 Å². The molecule has 0 N–H and O–H groups in total. The van der Waals surface area contributed by atoms with Crippen molar-refractivity contribution in [1.82, 2.24) is 0 Å². The van der Waals surface area contributed by atoms with Crippen LogP contribution in [0.3, 0.4) is 0 Å². The Morgan fingerprint density at radius 3 is 1.39 bits per heavy atom. The smallest absolute Gasteiger partial charge is 0.261 e. The molecule has 0 aromatic heterocycles. The highest BCUT2D eigenvalue weighted by atomic mass is 28.4. The van der Waals surface area contributed by atoms with Crippen LogP contribution in [0.5, 0.6) is 0 Å². The minimum atomic E-state index is -2.49. The van der Waals surface area contributed by atoms with Gasteiger partial charge in [-0.2, -0.15) is 0 Å². The second-order valence-corrected chi connectivity index (χ2v) is 13.6. The first-order chi connectivity index (χ1) is 15.9. The molecule has 0 saturated heterocycles. The molecule has 2 aromatic carbocycles. The minimum absolute atomic E-state index is 0.0287. The van der Waals surface area contributed by atoms with E-state index in [1.807, 2.05) is 13.8 Å². The second kappa shape index (κ2) is 14.7. The lowest BCUT2D eigenvalue weighted by Gasteiger charge is -2.43. The van der Waals surface area contributed by atoms with Crippen molar-refractivity contribution < 1.29 is 23.4 Å². The summed E-state index contributed by atoms with van der Waals surface area (Å²) in [7, 11) is -2.49. The van der Waals surface area contributed by atoms with Gasteiger partial charge in [0.2, 0.25) is 0 Å². The van der Waals surface area contributed by atoms with Gasteiger partial charge in [0.25, 0.3) is 8.32 Å². The topological polar surface area (TPSA) is 46.2 Å². The molecule has 0 radical (unpaired) electrons. The highest BCUT2D eigenvalue weighted by Gasteiger charge is 2.49. The largest absolute Gasteiger partial charge is 0.405 e. The summed E-state index contributed by atoms with van der Waals surface area (Å²) in [5.74, 6) is 0. The molecule has 33 heavy (non-hydrogen) atoms. The molecule has 0 unspecified atom stereocenters. The lowest BCUT2D eigenvalue weighted by atomic mass is 10.2. The van der Waals surface area contributed by atoms with E-state index in [2.05, 4.69) is 81.4 Å². The van der Waals surface area contributed by atoms with Gasteiger partial charge in [-0.25, -0.2) is 0 Å². The van der Waals surface area contributed by atoms with E-state index < -0.39 is 8.32 Å². The van der Waals surface area contributed by atoms with Crippen molar-refractivity contribution in [3.63, 3.8) is 0 Å². The number of benzene rings is 2. The normalized spacial score (nSPS) is 12.4. The van der Waals surface area contributed by atoms with E-state index in [9.17, 15) is 0 Å². The van der Waals surface area contributed by atoms with E-state index in [0.29, 0.717) is 52.9 Å². The lowest BCUT2D eigenvalue weighted by molar-refractivity contribution is -0.0136. The quantitative estimate of drug-likeness (QED) is 0.271. The van der Waals surface area contributed by atoms with Crippen LogP contribution >= 0.6 is 0 Å². The monoisotopic (exact) mass is 474 g/mol. The molecule has 5 nitrogen and oxygen atoms in total. The van der Waals surface area contributed by atoms with Crippen molar-refractivity contribution in [2.24, 2.45) is 0 Å². The van der Waals surface area contributed by atoms with Gasteiger partial charge in [0.05, 0.1) is 59.0 Å². The van der Waals surface area contributed by atoms with Crippen LogP contribution < -0.4 is 10.4 Å².